The molecule has 0 spiro atoms. The molecule has 0 amide bonds. The predicted molar refractivity (Wildman–Crippen MR) is 123 cm³/mol. The lowest BCUT2D eigenvalue weighted by atomic mass is 10.1. The van der Waals surface area contributed by atoms with E-state index in [0.29, 0.717) is 29.6 Å². The van der Waals surface area contributed by atoms with E-state index >= 15 is 0 Å². The molecular formula is C25H25N5O2. The van der Waals surface area contributed by atoms with Crippen LogP contribution >= 0.6 is 0 Å². The van der Waals surface area contributed by atoms with Crippen LogP contribution in [0.2, 0.25) is 0 Å². The Labute approximate surface area is 186 Å². The molecule has 32 heavy (non-hydrogen) atoms. The summed E-state index contributed by atoms with van der Waals surface area (Å²) in [5.41, 5.74) is 4.02. The molecule has 7 heteroatoms. The van der Waals surface area contributed by atoms with Crippen LogP contribution in [0.15, 0.2) is 54.7 Å². The number of rotatable bonds is 7. The summed E-state index contributed by atoms with van der Waals surface area (Å²) in [6, 6.07) is 18.5. The Morgan fingerprint density at radius 3 is 2.75 bits per heavy atom. The Morgan fingerprint density at radius 1 is 1.19 bits per heavy atom. The number of nitrogens with zero attached hydrogens (tertiary/aromatic N) is 3. The van der Waals surface area contributed by atoms with Gasteiger partial charge < -0.3 is 19.8 Å². The first-order chi connectivity index (χ1) is 15.8. The molecule has 2 N–H and O–H groups in total. The quantitative estimate of drug-likeness (QED) is 0.426. The molecule has 1 saturated carbocycles. The number of nitrogens with one attached hydrogen (secondary N) is 2. The van der Waals surface area contributed by atoms with E-state index in [1.54, 1.807) is 17.8 Å². The maximum absolute atomic E-state index is 9.48. The van der Waals surface area contributed by atoms with Gasteiger partial charge in [0, 0.05) is 17.7 Å². The minimum absolute atomic E-state index is 0.391. The van der Waals surface area contributed by atoms with Gasteiger partial charge in [-0.15, -0.1) is 0 Å². The van der Waals surface area contributed by atoms with Gasteiger partial charge in [-0.3, -0.25) is 0 Å². The van der Waals surface area contributed by atoms with E-state index in [-0.39, 0.29) is 0 Å². The van der Waals surface area contributed by atoms with Crippen molar-refractivity contribution in [2.75, 3.05) is 12.4 Å². The van der Waals surface area contributed by atoms with E-state index in [9.17, 15) is 5.26 Å². The standard InChI is InChI=1S/C25H25N5O2/c1-31-22-13-20(32-16-17-7-3-2-4-8-17)11-12-21(22)23-25(28-19-9-5-6-10-19)30-24(29-23)18(14-26)15-27-30/h2-4,7-8,11-13,15,19,28-29H,5-6,9-10,16H2,1H3. The van der Waals surface area contributed by atoms with Gasteiger partial charge in [-0.25, -0.2) is 0 Å². The van der Waals surface area contributed by atoms with Gasteiger partial charge in [-0.05, 0) is 30.5 Å². The molecule has 5 rings (SSSR count). The van der Waals surface area contributed by atoms with Crippen molar-refractivity contribution >= 4 is 11.5 Å². The Morgan fingerprint density at radius 2 is 2.00 bits per heavy atom. The number of H-pyrrole nitrogens is 1. The summed E-state index contributed by atoms with van der Waals surface area (Å²) >= 11 is 0. The zero-order chi connectivity index (χ0) is 21.9. The lowest BCUT2D eigenvalue weighted by Crippen LogP contribution is -2.16. The number of methoxy groups -OCH3 is 1. The molecule has 162 valence electrons. The number of anilines is 1. The molecule has 2 heterocycles. The zero-order valence-electron chi connectivity index (χ0n) is 18.0. The number of hydrogen-bond acceptors (Lipinski definition) is 5. The number of imidazole rings is 1. The van der Waals surface area contributed by atoms with Crippen molar-refractivity contribution in [3.8, 4) is 28.8 Å². The summed E-state index contributed by atoms with van der Waals surface area (Å²) in [6.07, 6.45) is 6.29. The first-order valence-corrected chi connectivity index (χ1v) is 10.9. The first-order valence-electron chi connectivity index (χ1n) is 10.9. The number of aromatic nitrogens is 3. The molecule has 2 aromatic heterocycles. The maximum atomic E-state index is 9.48. The van der Waals surface area contributed by atoms with Gasteiger partial charge in [0.2, 0.25) is 0 Å². The van der Waals surface area contributed by atoms with Gasteiger partial charge in [0.15, 0.2) is 11.5 Å². The summed E-state index contributed by atoms with van der Waals surface area (Å²) in [4.78, 5) is 3.40. The summed E-state index contributed by atoms with van der Waals surface area (Å²) in [7, 11) is 1.65. The Balaban J connectivity index is 1.50. The summed E-state index contributed by atoms with van der Waals surface area (Å²) in [6.45, 7) is 0.486. The fraction of sp³-hybridized carbons (Fsp3) is 0.280. The number of aromatic amines is 1. The van der Waals surface area contributed by atoms with E-state index in [0.717, 1.165) is 41.2 Å². The van der Waals surface area contributed by atoms with E-state index in [1.807, 2.05) is 48.5 Å². The zero-order valence-corrected chi connectivity index (χ0v) is 18.0. The molecule has 0 aliphatic heterocycles. The van der Waals surface area contributed by atoms with Crippen molar-refractivity contribution < 1.29 is 9.47 Å². The fourth-order valence-corrected chi connectivity index (χ4v) is 4.30. The van der Waals surface area contributed by atoms with E-state index in [4.69, 9.17) is 9.47 Å². The van der Waals surface area contributed by atoms with Crippen LogP contribution in [0.25, 0.3) is 16.9 Å². The fourth-order valence-electron chi connectivity index (χ4n) is 4.30. The smallest absolute Gasteiger partial charge is 0.154 e. The van der Waals surface area contributed by atoms with Gasteiger partial charge in [0.1, 0.15) is 29.7 Å². The molecule has 1 aliphatic carbocycles. The van der Waals surface area contributed by atoms with Gasteiger partial charge in [0.25, 0.3) is 0 Å². The third kappa shape index (κ3) is 3.76. The minimum Gasteiger partial charge on any atom is -0.496 e. The van der Waals surface area contributed by atoms with Crippen LogP contribution in [-0.2, 0) is 6.61 Å². The molecule has 2 aromatic carbocycles. The minimum atomic E-state index is 0.391. The number of fused-ring (bicyclic) bond motifs is 1. The normalized spacial score (nSPS) is 13.9. The number of nitriles is 1. The van der Waals surface area contributed by atoms with Crippen molar-refractivity contribution in [3.63, 3.8) is 0 Å². The molecular weight excluding hydrogens is 402 g/mol. The lowest BCUT2D eigenvalue weighted by molar-refractivity contribution is 0.304. The second kappa shape index (κ2) is 8.67. The highest BCUT2D eigenvalue weighted by Gasteiger charge is 2.24. The van der Waals surface area contributed by atoms with Crippen molar-refractivity contribution in [1.29, 1.82) is 5.26 Å². The van der Waals surface area contributed by atoms with Crippen LogP contribution in [0.5, 0.6) is 11.5 Å². The highest BCUT2D eigenvalue weighted by Crippen LogP contribution is 2.39. The molecule has 4 aromatic rings. The van der Waals surface area contributed by atoms with Crippen LogP contribution < -0.4 is 14.8 Å². The van der Waals surface area contributed by atoms with E-state index < -0.39 is 0 Å². The largest absolute Gasteiger partial charge is 0.496 e. The average Bonchev–Trinajstić information content (AvgIpc) is 3.57. The Bertz CT molecular complexity index is 1260. The second-order valence-electron chi connectivity index (χ2n) is 8.04. The highest BCUT2D eigenvalue weighted by atomic mass is 16.5. The Kier molecular flexibility index (Phi) is 5.42. The SMILES string of the molecule is COc1cc(OCc2ccccc2)ccc1-c1[nH]c2c(C#N)cnn2c1NC1CCCC1. The molecule has 1 fully saturated rings. The second-order valence-corrected chi connectivity index (χ2v) is 8.04. The number of benzene rings is 2. The van der Waals surface area contributed by atoms with Crippen molar-refractivity contribution in [1.82, 2.24) is 14.6 Å². The van der Waals surface area contributed by atoms with E-state index in [2.05, 4.69) is 21.5 Å². The number of hydrogen-bond donors (Lipinski definition) is 2. The maximum Gasteiger partial charge on any atom is 0.154 e. The molecule has 7 nitrogen and oxygen atoms in total. The van der Waals surface area contributed by atoms with Crippen molar-refractivity contribution in [2.45, 2.75) is 38.3 Å². The highest BCUT2D eigenvalue weighted by molar-refractivity contribution is 5.82. The number of ether oxygens (including phenoxy) is 2. The monoisotopic (exact) mass is 427 g/mol. The molecule has 0 saturated heterocycles. The van der Waals surface area contributed by atoms with Gasteiger partial charge in [-0.1, -0.05) is 43.2 Å². The van der Waals surface area contributed by atoms with Gasteiger partial charge in [0.05, 0.1) is 19.0 Å². The molecule has 0 radical (unpaired) electrons. The third-order valence-electron chi connectivity index (χ3n) is 5.97. The van der Waals surface area contributed by atoms with Crippen LogP contribution in [0.3, 0.4) is 0 Å². The Hall–Kier alpha value is -3.92. The van der Waals surface area contributed by atoms with Crippen LogP contribution in [0.4, 0.5) is 5.82 Å². The predicted octanol–water partition coefficient (Wildman–Crippen LogP) is 5.14. The summed E-state index contributed by atoms with van der Waals surface area (Å²) < 4.78 is 13.5. The average molecular weight is 428 g/mol. The van der Waals surface area contributed by atoms with E-state index in [1.165, 1.54) is 12.8 Å². The summed E-state index contributed by atoms with van der Waals surface area (Å²) in [5, 5.41) is 17.6. The first kappa shape index (κ1) is 20.0. The van der Waals surface area contributed by atoms with Gasteiger partial charge in [-0.2, -0.15) is 14.9 Å². The lowest BCUT2D eigenvalue weighted by Gasteiger charge is -2.16. The van der Waals surface area contributed by atoms with Crippen LogP contribution in [0.1, 0.15) is 36.8 Å². The van der Waals surface area contributed by atoms with Crippen LogP contribution in [0, 0.1) is 11.3 Å². The van der Waals surface area contributed by atoms with Crippen molar-refractivity contribution in [2.24, 2.45) is 0 Å². The molecule has 0 unspecified atom stereocenters. The molecule has 1 aliphatic rings. The van der Waals surface area contributed by atoms with Gasteiger partial charge >= 0.3 is 0 Å². The molecule has 0 bridgehead atoms. The third-order valence-corrected chi connectivity index (χ3v) is 5.97. The van der Waals surface area contributed by atoms with Crippen molar-refractivity contribution in [3.05, 3.63) is 65.9 Å². The molecule has 0 atom stereocenters. The summed E-state index contributed by atoms with van der Waals surface area (Å²) in [5.74, 6) is 2.27. The topological polar surface area (TPSA) is 87.4 Å². The van der Waals surface area contributed by atoms with Crippen LogP contribution in [-0.4, -0.2) is 27.7 Å².